The number of anilines is 2. The van der Waals surface area contributed by atoms with Crippen molar-refractivity contribution in [2.45, 2.75) is 54.4 Å². The predicted molar refractivity (Wildman–Crippen MR) is 209 cm³/mol. The van der Waals surface area contributed by atoms with Crippen LogP contribution in [0.4, 0.5) is 11.4 Å². The van der Waals surface area contributed by atoms with E-state index >= 15 is 0 Å². The first-order valence-corrected chi connectivity index (χ1v) is 20.5. The van der Waals surface area contributed by atoms with E-state index in [0.29, 0.717) is 15.2 Å². The van der Waals surface area contributed by atoms with Gasteiger partial charge >= 0.3 is 270 Å². The number of carbonyl (C=O) groups excluding carboxylic acids is 1. The molecule has 1 aliphatic heterocycles. The molecule has 0 saturated heterocycles. The van der Waals surface area contributed by atoms with Gasteiger partial charge in [0.2, 0.25) is 0 Å². The molecule has 3 heterocycles. The fraction of sp³-hybridized carbons (Fsp3) is 0.325. The number of hydrogen-bond acceptors (Lipinski definition) is 6. The van der Waals surface area contributed by atoms with Crippen LogP contribution in [0.15, 0.2) is 91.0 Å². The molecular weight excluding hydrogens is 636 g/mol. The zero-order valence-electron chi connectivity index (χ0n) is 28.5. The Morgan fingerprint density at radius 1 is 0.681 bits per heavy atom. The molecule has 1 N–H and O–H groups in total. The standard InChI is InChI=1S/C40H47N2O2PS2/c1-7-41(8-2)30-20-16-28(17-21-30)35-26-33-38(46-35)37(43)39-34(45(33,44)32-14-11-10-12-15-32)27-36(47-39)29-18-22-31(23-19-29)42(9-3)25-13-24-40(4,5)6/h10-12,14-23,26-27,44-45H,7-9,13,24-25H2,1-6H3. The van der Waals surface area contributed by atoms with Crippen LogP contribution in [-0.4, -0.2) is 36.9 Å². The second-order valence-corrected chi connectivity index (χ2v) is 18.8. The van der Waals surface area contributed by atoms with E-state index < -0.39 is 7.49 Å². The molecule has 0 atom stereocenters. The summed E-state index contributed by atoms with van der Waals surface area (Å²) < 4.78 is 0. The van der Waals surface area contributed by atoms with Crippen LogP contribution in [-0.2, 0) is 0 Å². The van der Waals surface area contributed by atoms with E-state index in [2.05, 4.69) is 112 Å². The molecule has 0 fully saturated rings. The first-order chi connectivity index (χ1) is 22.6. The molecule has 1 aliphatic rings. The summed E-state index contributed by atoms with van der Waals surface area (Å²) in [5.74, 6) is 0.0305. The first kappa shape index (κ1) is 33.6. The predicted octanol–water partition coefficient (Wildman–Crippen LogP) is 9.12. The molecule has 7 heteroatoms. The summed E-state index contributed by atoms with van der Waals surface area (Å²) >= 11 is 3.04. The Hall–Kier alpha value is -3.28. The molecule has 4 nitrogen and oxygen atoms in total. The van der Waals surface area contributed by atoms with Crippen molar-refractivity contribution < 1.29 is 9.69 Å². The van der Waals surface area contributed by atoms with Crippen molar-refractivity contribution >= 4 is 63.2 Å². The summed E-state index contributed by atoms with van der Waals surface area (Å²) in [4.78, 5) is 35.3. The molecule has 0 spiro atoms. The van der Waals surface area contributed by atoms with Gasteiger partial charge in [0.15, 0.2) is 0 Å². The number of carbonyl (C=O) groups is 1. The van der Waals surface area contributed by atoms with Crippen LogP contribution in [0, 0.1) is 5.41 Å². The summed E-state index contributed by atoms with van der Waals surface area (Å²) in [6, 6.07) is 31.5. The normalized spacial score (nSPS) is 14.4. The van der Waals surface area contributed by atoms with E-state index in [1.807, 2.05) is 30.3 Å². The van der Waals surface area contributed by atoms with Gasteiger partial charge in [0.05, 0.1) is 0 Å². The number of fused-ring (bicyclic) bond motifs is 2. The number of ketones is 1. The fourth-order valence-corrected chi connectivity index (χ4v) is 13.4. The van der Waals surface area contributed by atoms with Gasteiger partial charge in [-0.1, -0.05) is 20.8 Å². The Morgan fingerprint density at radius 3 is 1.60 bits per heavy atom. The van der Waals surface area contributed by atoms with Crippen molar-refractivity contribution in [1.82, 2.24) is 0 Å². The maximum absolute atomic E-state index is 14.2. The van der Waals surface area contributed by atoms with Gasteiger partial charge in [0, 0.05) is 0 Å². The minimum absolute atomic E-state index is 0.0305. The summed E-state index contributed by atoms with van der Waals surface area (Å²) in [6.45, 7) is 17.4. The molecule has 3 aromatic carbocycles. The molecule has 0 bridgehead atoms. The molecule has 0 radical (unpaired) electrons. The molecule has 2 aromatic heterocycles. The van der Waals surface area contributed by atoms with Crippen LogP contribution >= 0.6 is 30.2 Å². The number of nitrogens with zero attached hydrogens (tertiary/aromatic N) is 2. The van der Waals surface area contributed by atoms with Gasteiger partial charge in [-0.05, 0) is 0 Å². The summed E-state index contributed by atoms with van der Waals surface area (Å²) in [7, 11) is -3.44. The van der Waals surface area contributed by atoms with Crippen molar-refractivity contribution in [2.24, 2.45) is 5.41 Å². The van der Waals surface area contributed by atoms with Crippen molar-refractivity contribution in [1.29, 1.82) is 0 Å². The average Bonchev–Trinajstić information content (AvgIpc) is 3.74. The van der Waals surface area contributed by atoms with Crippen LogP contribution < -0.4 is 25.7 Å². The number of hydrogen-bond donors (Lipinski definition) is 1. The zero-order valence-corrected chi connectivity index (χ0v) is 31.1. The Balaban J connectivity index is 1.35. The average molecular weight is 683 g/mol. The van der Waals surface area contributed by atoms with Gasteiger partial charge < -0.3 is 0 Å². The Bertz CT molecular complexity index is 1830. The molecule has 0 saturated carbocycles. The van der Waals surface area contributed by atoms with Crippen LogP contribution in [0.5, 0.6) is 0 Å². The third-order valence-electron chi connectivity index (χ3n) is 9.38. The molecule has 246 valence electrons. The molecule has 5 aromatic rings. The van der Waals surface area contributed by atoms with Crippen molar-refractivity contribution in [3.8, 4) is 20.9 Å². The molecule has 0 amide bonds. The fourth-order valence-electron chi connectivity index (χ4n) is 6.71. The molecule has 0 unspecified atom stereocenters. The zero-order chi connectivity index (χ0) is 33.3. The van der Waals surface area contributed by atoms with Crippen LogP contribution in [0.25, 0.3) is 20.9 Å². The third kappa shape index (κ3) is 6.58. The third-order valence-corrected chi connectivity index (χ3v) is 15.6. The minimum atomic E-state index is -3.44. The Morgan fingerprint density at radius 2 is 1.15 bits per heavy atom. The van der Waals surface area contributed by atoms with Crippen molar-refractivity contribution in [3.05, 3.63) is 101 Å². The van der Waals surface area contributed by atoms with Crippen molar-refractivity contribution in [2.75, 3.05) is 36.0 Å². The second kappa shape index (κ2) is 13.7. The number of thiophene rings is 2. The van der Waals surface area contributed by atoms with Gasteiger partial charge in [-0.2, -0.15) is 0 Å². The van der Waals surface area contributed by atoms with Crippen molar-refractivity contribution in [3.63, 3.8) is 0 Å². The molecule has 6 rings (SSSR count). The van der Waals surface area contributed by atoms with Gasteiger partial charge in [0.1, 0.15) is 0 Å². The van der Waals surface area contributed by atoms with E-state index in [9.17, 15) is 9.69 Å². The molecule has 47 heavy (non-hydrogen) atoms. The number of benzene rings is 3. The van der Waals surface area contributed by atoms with E-state index in [1.165, 1.54) is 40.5 Å². The van der Waals surface area contributed by atoms with E-state index in [0.717, 1.165) is 69.4 Å². The topological polar surface area (TPSA) is 43.8 Å². The Labute approximate surface area is 289 Å². The maximum atomic E-state index is 14.2. The van der Waals surface area contributed by atoms with E-state index in [1.54, 1.807) is 0 Å². The second-order valence-electron chi connectivity index (χ2n) is 13.6. The Kier molecular flexibility index (Phi) is 9.79. The van der Waals surface area contributed by atoms with Crippen LogP contribution in [0.3, 0.4) is 0 Å². The van der Waals surface area contributed by atoms with Crippen LogP contribution in [0.1, 0.15) is 68.9 Å². The van der Waals surface area contributed by atoms with E-state index in [4.69, 9.17) is 0 Å². The summed E-state index contributed by atoms with van der Waals surface area (Å²) in [6.07, 6.45) is 2.36. The van der Waals surface area contributed by atoms with Gasteiger partial charge in [0.25, 0.3) is 0 Å². The summed E-state index contributed by atoms with van der Waals surface area (Å²) in [5, 5.41) is 2.52. The van der Waals surface area contributed by atoms with Gasteiger partial charge in [-0.25, -0.2) is 0 Å². The monoisotopic (exact) mass is 682 g/mol. The molecule has 0 aliphatic carbocycles. The number of rotatable bonds is 11. The van der Waals surface area contributed by atoms with Gasteiger partial charge in [-0.3, -0.25) is 0 Å². The molecular formula is C40H47N2O2PS2. The summed E-state index contributed by atoms with van der Waals surface area (Å²) in [5.41, 5.74) is 4.90. The quantitative estimate of drug-likeness (QED) is 0.141. The SMILES string of the molecule is CCN(CC)c1ccc(-c2cc3c(s2)C(=O)c2sc(-c4ccc(N(CC)CCCC(C)(C)C)cc4)cc2[PH]3(O)c2ccccc2)cc1. The van der Waals surface area contributed by atoms with Gasteiger partial charge in [-0.15, -0.1) is 0 Å². The first-order valence-electron chi connectivity index (χ1n) is 16.9. The van der Waals surface area contributed by atoms with Crippen LogP contribution in [0.2, 0.25) is 0 Å². The van der Waals surface area contributed by atoms with E-state index in [-0.39, 0.29) is 5.78 Å².